The van der Waals surface area contributed by atoms with Crippen LogP contribution in [0.15, 0.2) is 253 Å². The van der Waals surface area contributed by atoms with Gasteiger partial charge in [-0.25, -0.2) is 0 Å². The zero-order chi connectivity index (χ0) is 42.0. The van der Waals surface area contributed by atoms with Crippen molar-refractivity contribution in [3.8, 4) is 55.6 Å². The van der Waals surface area contributed by atoms with Crippen LogP contribution in [0.3, 0.4) is 0 Å². The molecule has 0 amide bonds. The summed E-state index contributed by atoms with van der Waals surface area (Å²) in [6.07, 6.45) is 0. The Balaban J connectivity index is 0.992. The number of anilines is 5. The average Bonchev–Trinajstić information content (AvgIpc) is 3.75. The summed E-state index contributed by atoms with van der Waals surface area (Å²) >= 11 is 0. The number of hydrogen-bond donors (Lipinski definition) is 1. The van der Waals surface area contributed by atoms with Gasteiger partial charge >= 0.3 is 0 Å². The molecule has 0 aliphatic rings. The summed E-state index contributed by atoms with van der Waals surface area (Å²) in [5.41, 5.74) is 18.5. The van der Waals surface area contributed by atoms with E-state index in [1.807, 2.05) is 12.1 Å². The SMILES string of the molecule is c1ccc(-c2ccc(N(c3ccc(-c4cccc(-c5cccc6c5oc5ccccc56)c4)cc3)c3ccccc3-c3ccccc3Nc3ccccc3-c3ccccc3)cc2)cc1. The van der Waals surface area contributed by atoms with Crippen LogP contribution in [0.25, 0.3) is 77.6 Å². The van der Waals surface area contributed by atoms with Crippen molar-refractivity contribution in [3.63, 3.8) is 0 Å². The zero-order valence-electron chi connectivity index (χ0n) is 34.5. The van der Waals surface area contributed by atoms with Crippen LogP contribution >= 0.6 is 0 Å². The summed E-state index contributed by atoms with van der Waals surface area (Å²) in [5, 5.41) is 6.11. The van der Waals surface area contributed by atoms with Crippen LogP contribution in [0.1, 0.15) is 0 Å². The van der Waals surface area contributed by atoms with Crippen LogP contribution in [0.4, 0.5) is 28.4 Å². The molecule has 11 aromatic rings. The summed E-state index contributed by atoms with van der Waals surface area (Å²) in [4.78, 5) is 2.38. The molecule has 0 radical (unpaired) electrons. The Labute approximate surface area is 367 Å². The number of nitrogens with one attached hydrogen (secondary N) is 1. The summed E-state index contributed by atoms with van der Waals surface area (Å²) in [7, 11) is 0. The van der Waals surface area contributed by atoms with Crippen LogP contribution < -0.4 is 10.2 Å². The molecule has 3 nitrogen and oxygen atoms in total. The topological polar surface area (TPSA) is 28.4 Å². The highest BCUT2D eigenvalue weighted by molar-refractivity contribution is 6.09. The van der Waals surface area contributed by atoms with Crippen LogP contribution in [0.5, 0.6) is 0 Å². The highest BCUT2D eigenvalue weighted by Gasteiger charge is 2.20. The molecule has 298 valence electrons. The standard InChI is InChI=1S/C60H42N2O/c1-3-17-42(18-4-1)43-33-37-48(38-34-43)62(58-31-13-9-25-53(58)52-24-8-12-30-57(52)61-56-29-11-7-23-50(56)45-19-5-2-6-20-45)49-39-35-44(36-40-49)46-21-15-22-47(41-46)51-27-16-28-55-54-26-10-14-32-59(54)63-60(51)55/h1-41,61H. The minimum absolute atomic E-state index is 0.903. The maximum atomic E-state index is 6.43. The number of nitrogens with zero attached hydrogens (tertiary/aromatic N) is 1. The number of para-hydroxylation sites is 5. The molecule has 0 saturated carbocycles. The first-order valence-electron chi connectivity index (χ1n) is 21.4. The molecular weight excluding hydrogens is 765 g/mol. The Hall–Kier alpha value is -8.40. The maximum Gasteiger partial charge on any atom is 0.143 e. The number of furan rings is 1. The Bertz CT molecular complexity index is 3350. The number of hydrogen-bond acceptors (Lipinski definition) is 3. The van der Waals surface area contributed by atoms with E-state index in [4.69, 9.17) is 4.42 Å². The molecule has 0 spiro atoms. The van der Waals surface area contributed by atoms with Crippen molar-refractivity contribution in [1.82, 2.24) is 0 Å². The fourth-order valence-electron chi connectivity index (χ4n) is 8.83. The van der Waals surface area contributed by atoms with Gasteiger partial charge in [0.2, 0.25) is 0 Å². The zero-order valence-corrected chi connectivity index (χ0v) is 34.5. The lowest BCUT2D eigenvalue weighted by Gasteiger charge is -2.29. The Kier molecular flexibility index (Phi) is 9.89. The van der Waals surface area contributed by atoms with E-state index in [-0.39, 0.29) is 0 Å². The van der Waals surface area contributed by atoms with Crippen molar-refractivity contribution in [3.05, 3.63) is 249 Å². The minimum Gasteiger partial charge on any atom is -0.455 e. The van der Waals surface area contributed by atoms with E-state index >= 15 is 0 Å². The molecule has 1 aromatic heterocycles. The van der Waals surface area contributed by atoms with Crippen LogP contribution in [-0.2, 0) is 0 Å². The number of fused-ring (bicyclic) bond motifs is 3. The summed E-state index contributed by atoms with van der Waals surface area (Å²) in [6, 6.07) is 88.3. The molecule has 0 atom stereocenters. The van der Waals surface area contributed by atoms with E-state index < -0.39 is 0 Å². The molecule has 0 unspecified atom stereocenters. The Morgan fingerprint density at radius 2 is 0.778 bits per heavy atom. The first kappa shape index (κ1) is 37.6. The quantitative estimate of drug-likeness (QED) is 0.149. The molecule has 0 bridgehead atoms. The Morgan fingerprint density at radius 1 is 0.302 bits per heavy atom. The minimum atomic E-state index is 0.903. The molecule has 0 aliphatic heterocycles. The van der Waals surface area contributed by atoms with E-state index in [0.29, 0.717) is 0 Å². The van der Waals surface area contributed by atoms with Crippen LogP contribution in [-0.4, -0.2) is 0 Å². The first-order valence-corrected chi connectivity index (χ1v) is 21.4. The van der Waals surface area contributed by atoms with E-state index in [1.165, 1.54) is 16.7 Å². The molecule has 63 heavy (non-hydrogen) atoms. The highest BCUT2D eigenvalue weighted by Crippen LogP contribution is 2.45. The van der Waals surface area contributed by atoms with E-state index in [0.717, 1.165) is 89.3 Å². The normalized spacial score (nSPS) is 11.2. The van der Waals surface area contributed by atoms with E-state index in [9.17, 15) is 0 Å². The van der Waals surface area contributed by atoms with Gasteiger partial charge in [0.15, 0.2) is 0 Å². The molecule has 1 N–H and O–H groups in total. The van der Waals surface area contributed by atoms with E-state index in [1.54, 1.807) is 0 Å². The second-order valence-electron chi connectivity index (χ2n) is 15.8. The monoisotopic (exact) mass is 806 g/mol. The molecule has 10 aromatic carbocycles. The largest absolute Gasteiger partial charge is 0.455 e. The summed E-state index contributed by atoms with van der Waals surface area (Å²) < 4.78 is 6.43. The van der Waals surface area contributed by atoms with Gasteiger partial charge in [0.1, 0.15) is 11.2 Å². The molecule has 0 aliphatic carbocycles. The van der Waals surface area contributed by atoms with Gasteiger partial charge in [0.25, 0.3) is 0 Å². The van der Waals surface area contributed by atoms with Gasteiger partial charge in [-0.1, -0.05) is 194 Å². The number of rotatable bonds is 10. The van der Waals surface area contributed by atoms with Gasteiger partial charge in [-0.2, -0.15) is 0 Å². The van der Waals surface area contributed by atoms with Crippen LogP contribution in [0.2, 0.25) is 0 Å². The average molecular weight is 807 g/mol. The third-order valence-electron chi connectivity index (χ3n) is 11.9. The van der Waals surface area contributed by atoms with Crippen molar-refractivity contribution in [2.24, 2.45) is 0 Å². The van der Waals surface area contributed by atoms with E-state index in [2.05, 4.69) is 247 Å². The molecule has 3 heteroatoms. The van der Waals surface area contributed by atoms with Crippen molar-refractivity contribution < 1.29 is 4.42 Å². The van der Waals surface area contributed by atoms with Crippen molar-refractivity contribution in [2.75, 3.05) is 10.2 Å². The molecular formula is C60H42N2O. The lowest BCUT2D eigenvalue weighted by molar-refractivity contribution is 0.670. The maximum absolute atomic E-state index is 6.43. The lowest BCUT2D eigenvalue weighted by atomic mass is 9.97. The molecule has 0 fully saturated rings. The third kappa shape index (κ3) is 7.32. The number of benzene rings is 10. The highest BCUT2D eigenvalue weighted by atomic mass is 16.3. The van der Waals surface area contributed by atoms with Gasteiger partial charge in [-0.15, -0.1) is 0 Å². The summed E-state index contributed by atoms with van der Waals surface area (Å²) in [6.45, 7) is 0. The van der Waals surface area contributed by atoms with Gasteiger partial charge < -0.3 is 14.6 Å². The fraction of sp³-hybridized carbons (Fsp3) is 0. The van der Waals surface area contributed by atoms with Crippen molar-refractivity contribution in [2.45, 2.75) is 0 Å². The third-order valence-corrected chi connectivity index (χ3v) is 11.9. The second-order valence-corrected chi connectivity index (χ2v) is 15.8. The van der Waals surface area contributed by atoms with Gasteiger partial charge in [-0.3, -0.25) is 0 Å². The summed E-state index contributed by atoms with van der Waals surface area (Å²) in [5.74, 6) is 0. The fourth-order valence-corrected chi connectivity index (χ4v) is 8.83. The molecule has 11 rings (SSSR count). The van der Waals surface area contributed by atoms with Gasteiger partial charge in [0.05, 0.1) is 5.69 Å². The lowest BCUT2D eigenvalue weighted by Crippen LogP contribution is -2.11. The predicted molar refractivity (Wildman–Crippen MR) is 265 cm³/mol. The van der Waals surface area contributed by atoms with Gasteiger partial charge in [0, 0.05) is 55.8 Å². The van der Waals surface area contributed by atoms with Crippen LogP contribution in [0, 0.1) is 0 Å². The Morgan fingerprint density at radius 3 is 1.51 bits per heavy atom. The molecule has 0 saturated heterocycles. The van der Waals surface area contributed by atoms with Crippen molar-refractivity contribution in [1.29, 1.82) is 0 Å². The second kappa shape index (κ2) is 16.6. The smallest absolute Gasteiger partial charge is 0.143 e. The molecule has 1 heterocycles. The first-order chi connectivity index (χ1) is 31.2. The predicted octanol–water partition coefficient (Wildman–Crippen LogP) is 17.1. The van der Waals surface area contributed by atoms with Crippen molar-refractivity contribution >= 4 is 50.4 Å². The van der Waals surface area contributed by atoms with Gasteiger partial charge in [-0.05, 0) is 88.0 Å².